The molecule has 2 aromatic carbocycles. The van der Waals surface area contributed by atoms with Crippen molar-refractivity contribution < 1.29 is 9.53 Å². The zero-order valence-corrected chi connectivity index (χ0v) is 16.9. The van der Waals surface area contributed by atoms with Gasteiger partial charge in [-0.05, 0) is 50.1 Å². The van der Waals surface area contributed by atoms with Gasteiger partial charge in [0.15, 0.2) is 0 Å². The highest BCUT2D eigenvalue weighted by Crippen LogP contribution is 2.30. The number of carbonyl (C=O) groups excluding carboxylic acids is 1. The Bertz CT molecular complexity index is 1010. The third kappa shape index (κ3) is 4.40. The van der Waals surface area contributed by atoms with Crippen LogP contribution in [0.4, 0.5) is 17.2 Å². The zero-order chi connectivity index (χ0) is 20.3. The van der Waals surface area contributed by atoms with Crippen LogP contribution < -0.4 is 15.4 Å². The zero-order valence-electron chi connectivity index (χ0n) is 16.1. The van der Waals surface area contributed by atoms with E-state index < -0.39 is 0 Å². The predicted molar refractivity (Wildman–Crippen MR) is 112 cm³/mol. The number of halogens is 1. The molecular formula is C21H21ClN4O2. The normalized spacial score (nSPS) is 10.5. The van der Waals surface area contributed by atoms with Crippen molar-refractivity contribution in [3.05, 3.63) is 70.1 Å². The number of aryl methyl sites for hydroxylation is 3. The van der Waals surface area contributed by atoms with Gasteiger partial charge in [0.2, 0.25) is 0 Å². The Morgan fingerprint density at radius 1 is 1.07 bits per heavy atom. The second-order valence-corrected chi connectivity index (χ2v) is 6.81. The molecule has 2 N–H and O–H groups in total. The molecule has 6 nitrogen and oxygen atoms in total. The lowest BCUT2D eigenvalue weighted by molar-refractivity contribution is 0.102. The van der Waals surface area contributed by atoms with Gasteiger partial charge in [0.1, 0.15) is 23.1 Å². The third-order valence-corrected chi connectivity index (χ3v) is 4.41. The van der Waals surface area contributed by atoms with Gasteiger partial charge in [0.25, 0.3) is 5.91 Å². The van der Waals surface area contributed by atoms with Crippen LogP contribution in [0.1, 0.15) is 27.4 Å². The Labute approximate surface area is 168 Å². The Kier molecular flexibility index (Phi) is 5.80. The van der Waals surface area contributed by atoms with Crippen LogP contribution in [-0.4, -0.2) is 23.0 Å². The molecule has 0 aliphatic carbocycles. The Morgan fingerprint density at radius 2 is 1.82 bits per heavy atom. The minimum Gasteiger partial charge on any atom is -0.495 e. The molecule has 144 valence electrons. The number of hydrogen-bond donors (Lipinski definition) is 2. The van der Waals surface area contributed by atoms with Crippen molar-refractivity contribution in [3.8, 4) is 5.75 Å². The molecular weight excluding hydrogens is 376 g/mol. The van der Waals surface area contributed by atoms with Crippen LogP contribution in [0.25, 0.3) is 0 Å². The van der Waals surface area contributed by atoms with Crippen molar-refractivity contribution in [2.45, 2.75) is 20.8 Å². The Hall–Kier alpha value is -3.12. The molecule has 7 heteroatoms. The fourth-order valence-electron chi connectivity index (χ4n) is 2.88. The van der Waals surface area contributed by atoms with Crippen LogP contribution in [0.3, 0.4) is 0 Å². The number of benzene rings is 2. The molecule has 1 amide bonds. The molecule has 0 aliphatic rings. The SMILES string of the molecule is COc1ccccc1NC(=O)c1cc(Nc2c(C)cc(C)cc2Cl)nc(C)n1. The van der Waals surface area contributed by atoms with Crippen molar-refractivity contribution in [1.29, 1.82) is 0 Å². The van der Waals surface area contributed by atoms with Crippen molar-refractivity contribution in [1.82, 2.24) is 9.97 Å². The summed E-state index contributed by atoms with van der Waals surface area (Å²) in [7, 11) is 1.55. The molecule has 0 saturated heterocycles. The van der Waals surface area contributed by atoms with E-state index in [1.807, 2.05) is 38.1 Å². The van der Waals surface area contributed by atoms with E-state index >= 15 is 0 Å². The topological polar surface area (TPSA) is 76.1 Å². The van der Waals surface area contributed by atoms with Gasteiger partial charge in [-0.15, -0.1) is 0 Å². The van der Waals surface area contributed by atoms with Crippen LogP contribution in [-0.2, 0) is 0 Å². The lowest BCUT2D eigenvalue weighted by Gasteiger charge is -2.14. The van der Waals surface area contributed by atoms with Crippen molar-refractivity contribution >= 4 is 34.7 Å². The first kappa shape index (κ1) is 19.6. The van der Waals surface area contributed by atoms with Gasteiger partial charge in [-0.3, -0.25) is 4.79 Å². The number of aromatic nitrogens is 2. The summed E-state index contributed by atoms with van der Waals surface area (Å²) in [6.07, 6.45) is 0. The highest BCUT2D eigenvalue weighted by atomic mass is 35.5. The maximum absolute atomic E-state index is 12.7. The molecule has 0 bridgehead atoms. The van der Waals surface area contributed by atoms with E-state index in [2.05, 4.69) is 20.6 Å². The highest BCUT2D eigenvalue weighted by Gasteiger charge is 2.14. The molecule has 28 heavy (non-hydrogen) atoms. The number of rotatable bonds is 5. The quantitative estimate of drug-likeness (QED) is 0.630. The van der Waals surface area contributed by atoms with E-state index in [0.717, 1.165) is 16.8 Å². The van der Waals surface area contributed by atoms with Crippen LogP contribution in [0, 0.1) is 20.8 Å². The highest BCUT2D eigenvalue weighted by molar-refractivity contribution is 6.33. The molecule has 1 aromatic heterocycles. The second-order valence-electron chi connectivity index (χ2n) is 6.40. The summed E-state index contributed by atoms with van der Waals surface area (Å²) in [5.41, 5.74) is 3.62. The number of carbonyl (C=O) groups is 1. The first-order valence-electron chi connectivity index (χ1n) is 8.71. The number of hydrogen-bond acceptors (Lipinski definition) is 5. The van der Waals surface area contributed by atoms with Gasteiger partial charge < -0.3 is 15.4 Å². The molecule has 0 unspecified atom stereocenters. The summed E-state index contributed by atoms with van der Waals surface area (Å²) < 4.78 is 5.27. The first-order valence-corrected chi connectivity index (χ1v) is 9.09. The van der Waals surface area contributed by atoms with Gasteiger partial charge >= 0.3 is 0 Å². The molecule has 3 aromatic rings. The van der Waals surface area contributed by atoms with Crippen LogP contribution in [0.15, 0.2) is 42.5 Å². The number of nitrogens with one attached hydrogen (secondary N) is 2. The predicted octanol–water partition coefficient (Wildman–Crippen LogP) is 5.06. The second kappa shape index (κ2) is 8.27. The van der Waals surface area contributed by atoms with Crippen LogP contribution >= 0.6 is 11.6 Å². The molecule has 0 aliphatic heterocycles. The Balaban J connectivity index is 1.88. The van der Waals surface area contributed by atoms with Crippen LogP contribution in [0.5, 0.6) is 5.75 Å². The van der Waals surface area contributed by atoms with Gasteiger partial charge in [-0.1, -0.05) is 29.8 Å². The third-order valence-electron chi connectivity index (χ3n) is 4.11. The number of ether oxygens (including phenoxy) is 1. The number of nitrogens with zero attached hydrogens (tertiary/aromatic N) is 2. The minimum atomic E-state index is -0.357. The maximum Gasteiger partial charge on any atom is 0.274 e. The molecule has 0 saturated carbocycles. The molecule has 0 radical (unpaired) electrons. The van der Waals surface area contributed by atoms with E-state index in [-0.39, 0.29) is 11.6 Å². The largest absolute Gasteiger partial charge is 0.495 e. The first-order chi connectivity index (χ1) is 13.4. The van der Waals surface area contributed by atoms with Crippen molar-refractivity contribution in [3.63, 3.8) is 0 Å². The van der Waals surface area contributed by atoms with Gasteiger partial charge in [0.05, 0.1) is 23.5 Å². The summed E-state index contributed by atoms with van der Waals surface area (Å²) >= 11 is 6.37. The van der Waals surface area contributed by atoms with Crippen LogP contribution in [0.2, 0.25) is 5.02 Å². The van der Waals surface area contributed by atoms with Crippen molar-refractivity contribution in [2.75, 3.05) is 17.7 Å². The Morgan fingerprint density at radius 3 is 2.54 bits per heavy atom. The number of methoxy groups -OCH3 is 1. The molecule has 1 heterocycles. The van der Waals surface area contributed by atoms with E-state index in [1.54, 1.807) is 32.2 Å². The average Bonchev–Trinajstić information content (AvgIpc) is 2.64. The number of anilines is 3. The summed E-state index contributed by atoms with van der Waals surface area (Å²) in [5.74, 6) is 1.18. The molecule has 0 atom stereocenters. The summed E-state index contributed by atoms with van der Waals surface area (Å²) in [6.45, 7) is 5.68. The van der Waals surface area contributed by atoms with Gasteiger partial charge in [0, 0.05) is 6.07 Å². The molecule has 0 fully saturated rings. The summed E-state index contributed by atoms with van der Waals surface area (Å²) in [5, 5.41) is 6.61. The summed E-state index contributed by atoms with van der Waals surface area (Å²) in [6, 6.07) is 12.7. The van der Waals surface area contributed by atoms with E-state index in [9.17, 15) is 4.79 Å². The smallest absolute Gasteiger partial charge is 0.274 e. The van der Waals surface area contributed by atoms with E-state index in [0.29, 0.717) is 28.1 Å². The maximum atomic E-state index is 12.7. The number of amides is 1. The van der Waals surface area contributed by atoms with E-state index in [1.165, 1.54) is 0 Å². The van der Waals surface area contributed by atoms with Crippen molar-refractivity contribution in [2.24, 2.45) is 0 Å². The summed E-state index contributed by atoms with van der Waals surface area (Å²) in [4.78, 5) is 21.3. The standard InChI is InChI=1S/C21H21ClN4O2/c1-12-9-13(2)20(15(22)10-12)26-19-11-17(23-14(3)24-19)21(27)25-16-7-5-6-8-18(16)28-4/h5-11H,1-4H3,(H,25,27)(H,23,24,26). The molecule has 3 rings (SSSR count). The monoisotopic (exact) mass is 396 g/mol. The lowest BCUT2D eigenvalue weighted by Crippen LogP contribution is -2.16. The average molecular weight is 397 g/mol. The van der Waals surface area contributed by atoms with Gasteiger partial charge in [-0.25, -0.2) is 9.97 Å². The minimum absolute atomic E-state index is 0.238. The van der Waals surface area contributed by atoms with E-state index in [4.69, 9.17) is 16.3 Å². The number of para-hydroxylation sites is 2. The fraction of sp³-hybridized carbons (Fsp3) is 0.190. The van der Waals surface area contributed by atoms with Gasteiger partial charge in [-0.2, -0.15) is 0 Å². The lowest BCUT2D eigenvalue weighted by atomic mass is 10.1. The fourth-order valence-corrected chi connectivity index (χ4v) is 3.25. The molecule has 0 spiro atoms.